The van der Waals surface area contributed by atoms with Crippen LogP contribution >= 0.6 is 0 Å². The molecule has 1 rings (SSSR count). The number of carboxylic acid groups (broad SMARTS) is 1. The van der Waals surface area contributed by atoms with E-state index in [1.165, 1.54) is 11.8 Å². The summed E-state index contributed by atoms with van der Waals surface area (Å²) in [6.45, 7) is 6.68. The van der Waals surface area contributed by atoms with Crippen molar-refractivity contribution in [2.75, 3.05) is 13.1 Å². The summed E-state index contributed by atoms with van der Waals surface area (Å²) in [6, 6.07) is 0. The first-order valence-corrected chi connectivity index (χ1v) is 5.83. The molecule has 2 atom stereocenters. The van der Waals surface area contributed by atoms with Crippen LogP contribution in [0, 0.1) is 11.8 Å². The largest absolute Gasteiger partial charge is 0.481 e. The van der Waals surface area contributed by atoms with Gasteiger partial charge in [0.25, 0.3) is 0 Å². The average molecular weight is 275 g/mol. The Balaban J connectivity index is 0.00000324. The van der Waals surface area contributed by atoms with Crippen molar-refractivity contribution in [2.45, 2.75) is 33.3 Å². The summed E-state index contributed by atoms with van der Waals surface area (Å²) in [5, 5.41) is 9.03. The molecule has 7 nitrogen and oxygen atoms in total. The van der Waals surface area contributed by atoms with Gasteiger partial charge >= 0.3 is 12.1 Å². The normalized spacial score (nSPS) is 22.6. The van der Waals surface area contributed by atoms with E-state index in [0.29, 0.717) is 0 Å². The molecule has 0 unspecified atom stereocenters. The van der Waals surface area contributed by atoms with Gasteiger partial charge < -0.3 is 20.2 Å². The Morgan fingerprint density at radius 3 is 1.95 bits per heavy atom. The number of ketones is 1. The van der Waals surface area contributed by atoms with Gasteiger partial charge in [-0.2, -0.15) is 0 Å². The third kappa shape index (κ3) is 4.51. The highest BCUT2D eigenvalue weighted by Crippen LogP contribution is 2.26. The van der Waals surface area contributed by atoms with Crippen molar-refractivity contribution in [3.05, 3.63) is 0 Å². The zero-order chi connectivity index (χ0) is 14.1. The lowest BCUT2D eigenvalue weighted by Gasteiger charge is -2.24. The quantitative estimate of drug-likeness (QED) is 0.779. The Hall–Kier alpha value is -1.63. The Labute approximate surface area is 111 Å². The molecule has 19 heavy (non-hydrogen) atoms. The highest BCUT2D eigenvalue weighted by Gasteiger charge is 2.43. The number of amides is 1. The molecule has 0 radical (unpaired) electrons. The molecule has 1 saturated heterocycles. The zero-order valence-electron chi connectivity index (χ0n) is 11.6. The molecule has 1 heterocycles. The number of rotatable bonds is 2. The Morgan fingerprint density at radius 2 is 1.63 bits per heavy atom. The molecule has 1 fully saturated rings. The van der Waals surface area contributed by atoms with Gasteiger partial charge in [-0.15, -0.1) is 0 Å². The lowest BCUT2D eigenvalue weighted by Crippen LogP contribution is -2.36. The maximum absolute atomic E-state index is 11.8. The lowest BCUT2D eigenvalue weighted by molar-refractivity contribution is -0.144. The van der Waals surface area contributed by atoms with Gasteiger partial charge in [-0.1, -0.05) is 0 Å². The second-order valence-electron chi connectivity index (χ2n) is 5.55. The van der Waals surface area contributed by atoms with Gasteiger partial charge in [0.15, 0.2) is 0 Å². The molecular weight excluding hydrogens is 254 g/mol. The van der Waals surface area contributed by atoms with Gasteiger partial charge in [-0.05, 0) is 27.7 Å². The van der Waals surface area contributed by atoms with Crippen LogP contribution in [0.15, 0.2) is 0 Å². The number of carbonyl (C=O) groups is 3. The Morgan fingerprint density at radius 1 is 1.16 bits per heavy atom. The van der Waals surface area contributed by atoms with Crippen molar-refractivity contribution < 1.29 is 29.7 Å². The monoisotopic (exact) mass is 275 g/mol. The number of hydrogen-bond donors (Lipinski definition) is 1. The second kappa shape index (κ2) is 6.01. The summed E-state index contributed by atoms with van der Waals surface area (Å²) in [5.74, 6) is -2.75. The van der Waals surface area contributed by atoms with Gasteiger partial charge in [-0.25, -0.2) is 4.79 Å². The van der Waals surface area contributed by atoms with Crippen LogP contribution in [0.1, 0.15) is 27.7 Å². The fourth-order valence-electron chi connectivity index (χ4n) is 1.94. The highest BCUT2D eigenvalue weighted by atomic mass is 16.6. The Bertz CT molecular complexity index is 351. The van der Waals surface area contributed by atoms with Crippen LogP contribution in [0.3, 0.4) is 0 Å². The Kier molecular flexibility index (Phi) is 5.49. The van der Waals surface area contributed by atoms with Crippen molar-refractivity contribution in [2.24, 2.45) is 11.8 Å². The average Bonchev–Trinajstić information content (AvgIpc) is 2.58. The van der Waals surface area contributed by atoms with Crippen molar-refractivity contribution >= 4 is 17.8 Å². The first kappa shape index (κ1) is 17.4. The van der Waals surface area contributed by atoms with Crippen LogP contribution in [0.4, 0.5) is 4.79 Å². The van der Waals surface area contributed by atoms with Crippen molar-refractivity contribution in [1.82, 2.24) is 4.90 Å². The molecule has 0 aromatic rings. The summed E-state index contributed by atoms with van der Waals surface area (Å²) < 4.78 is 5.16. The number of carboxylic acids is 1. The van der Waals surface area contributed by atoms with E-state index in [1.54, 1.807) is 20.8 Å². The summed E-state index contributed by atoms with van der Waals surface area (Å²) in [6.07, 6.45) is -0.572. The first-order chi connectivity index (χ1) is 8.11. The van der Waals surface area contributed by atoms with Gasteiger partial charge in [0.1, 0.15) is 11.4 Å². The van der Waals surface area contributed by atoms with E-state index in [-0.39, 0.29) is 24.3 Å². The number of Topliss-reactive ketones (excluding diaryl/α,β-unsaturated/α-hetero) is 1. The fraction of sp³-hybridized carbons (Fsp3) is 0.750. The highest BCUT2D eigenvalue weighted by molar-refractivity contribution is 5.86. The van der Waals surface area contributed by atoms with Crippen LogP contribution in [0.5, 0.6) is 0 Å². The molecule has 3 N–H and O–H groups in total. The van der Waals surface area contributed by atoms with E-state index in [1.807, 2.05) is 0 Å². The molecular formula is C12H21NO6. The van der Waals surface area contributed by atoms with E-state index in [4.69, 9.17) is 9.84 Å². The number of aliphatic carboxylic acids is 1. The standard InChI is InChI=1S/C12H19NO5.H2O/c1-7(14)8-5-13(6-9(8)10(15)16)11(17)18-12(2,3)4;/h8-9H,5-6H2,1-4H3,(H,15,16);1H2/t8-,9+;/m1./s1. The van der Waals surface area contributed by atoms with Gasteiger partial charge in [-0.3, -0.25) is 9.59 Å². The molecule has 0 aliphatic carbocycles. The lowest BCUT2D eigenvalue weighted by atomic mass is 9.93. The zero-order valence-corrected chi connectivity index (χ0v) is 11.6. The molecule has 0 bridgehead atoms. The summed E-state index contributed by atoms with van der Waals surface area (Å²) >= 11 is 0. The SMILES string of the molecule is CC(=O)[C@H]1CN(C(=O)OC(C)(C)C)C[C@@H]1C(=O)O.O. The minimum atomic E-state index is -1.05. The van der Waals surface area contributed by atoms with Crippen molar-refractivity contribution in [1.29, 1.82) is 0 Å². The van der Waals surface area contributed by atoms with E-state index in [2.05, 4.69) is 0 Å². The minimum absolute atomic E-state index is 0. The summed E-state index contributed by atoms with van der Waals surface area (Å²) in [7, 11) is 0. The number of nitrogens with zero attached hydrogens (tertiary/aromatic N) is 1. The van der Waals surface area contributed by atoms with Crippen molar-refractivity contribution in [3.8, 4) is 0 Å². The molecule has 0 aromatic carbocycles. The van der Waals surface area contributed by atoms with Gasteiger partial charge in [0.2, 0.25) is 0 Å². The predicted octanol–water partition coefficient (Wildman–Crippen LogP) is 0.318. The van der Waals surface area contributed by atoms with Crippen LogP contribution in [0.25, 0.3) is 0 Å². The minimum Gasteiger partial charge on any atom is -0.481 e. The number of ether oxygens (including phenoxy) is 1. The van der Waals surface area contributed by atoms with Crippen LogP contribution in [-0.4, -0.2) is 52.0 Å². The molecule has 1 aliphatic heterocycles. The number of carbonyl (C=O) groups excluding carboxylic acids is 2. The van der Waals surface area contributed by atoms with E-state index < -0.39 is 29.5 Å². The van der Waals surface area contributed by atoms with E-state index in [9.17, 15) is 14.4 Å². The number of likely N-dealkylation sites (tertiary alicyclic amines) is 1. The van der Waals surface area contributed by atoms with Crippen LogP contribution in [-0.2, 0) is 14.3 Å². The smallest absolute Gasteiger partial charge is 0.410 e. The predicted molar refractivity (Wildman–Crippen MR) is 66.7 cm³/mol. The van der Waals surface area contributed by atoms with Crippen LogP contribution in [0.2, 0.25) is 0 Å². The molecule has 0 aromatic heterocycles. The first-order valence-electron chi connectivity index (χ1n) is 5.83. The number of hydrogen-bond acceptors (Lipinski definition) is 4. The molecule has 0 saturated carbocycles. The van der Waals surface area contributed by atoms with Gasteiger partial charge in [0.05, 0.1) is 11.8 Å². The second-order valence-corrected chi connectivity index (χ2v) is 5.55. The third-order valence-electron chi connectivity index (χ3n) is 2.81. The van der Waals surface area contributed by atoms with E-state index >= 15 is 0 Å². The maximum atomic E-state index is 11.8. The summed E-state index contributed by atoms with van der Waals surface area (Å²) in [5.41, 5.74) is -0.635. The molecule has 7 heteroatoms. The topological polar surface area (TPSA) is 115 Å². The van der Waals surface area contributed by atoms with Crippen LogP contribution < -0.4 is 0 Å². The maximum Gasteiger partial charge on any atom is 0.410 e. The fourth-order valence-corrected chi connectivity index (χ4v) is 1.94. The molecule has 110 valence electrons. The molecule has 1 amide bonds. The van der Waals surface area contributed by atoms with E-state index in [0.717, 1.165) is 0 Å². The summed E-state index contributed by atoms with van der Waals surface area (Å²) in [4.78, 5) is 35.5. The third-order valence-corrected chi connectivity index (χ3v) is 2.81. The molecule has 1 aliphatic rings. The van der Waals surface area contributed by atoms with Gasteiger partial charge in [0, 0.05) is 13.1 Å². The molecule has 0 spiro atoms. The van der Waals surface area contributed by atoms with Crippen molar-refractivity contribution in [3.63, 3.8) is 0 Å².